The van der Waals surface area contributed by atoms with E-state index in [2.05, 4.69) is 50.3 Å². The summed E-state index contributed by atoms with van der Waals surface area (Å²) >= 11 is 3.62. The predicted octanol–water partition coefficient (Wildman–Crippen LogP) is 5.08. The molecule has 0 bridgehead atoms. The van der Waals surface area contributed by atoms with Gasteiger partial charge in [-0.3, -0.25) is 14.4 Å². The fraction of sp³-hybridized carbons (Fsp3) is 0.385. The lowest BCUT2D eigenvalue weighted by molar-refractivity contribution is 0.102. The summed E-state index contributed by atoms with van der Waals surface area (Å²) in [4.78, 5) is 15.5. The molecule has 1 unspecified atom stereocenters. The highest BCUT2D eigenvalue weighted by Crippen LogP contribution is 2.35. The van der Waals surface area contributed by atoms with Crippen LogP contribution in [0.3, 0.4) is 0 Å². The molecule has 5 rings (SSSR count). The number of amides is 1. The van der Waals surface area contributed by atoms with Crippen LogP contribution in [0.4, 0.5) is 5.69 Å². The first-order valence-corrected chi connectivity index (χ1v) is 12.4. The van der Waals surface area contributed by atoms with Crippen LogP contribution in [0.1, 0.15) is 52.6 Å². The number of rotatable bonds is 4. The first-order valence-electron chi connectivity index (χ1n) is 11.6. The van der Waals surface area contributed by atoms with E-state index in [9.17, 15) is 9.90 Å². The van der Waals surface area contributed by atoms with E-state index < -0.39 is 0 Å². The molecule has 1 aromatic heterocycles. The molecule has 3 heterocycles. The minimum Gasteiger partial charge on any atom is -0.392 e. The van der Waals surface area contributed by atoms with Crippen molar-refractivity contribution in [3.8, 4) is 11.1 Å². The van der Waals surface area contributed by atoms with Crippen molar-refractivity contribution in [3.63, 3.8) is 0 Å². The molecule has 0 spiro atoms. The maximum atomic E-state index is 13.2. The molecule has 0 aliphatic carbocycles. The zero-order valence-corrected chi connectivity index (χ0v) is 20.6. The van der Waals surface area contributed by atoms with Crippen molar-refractivity contribution in [1.82, 2.24) is 14.7 Å². The van der Waals surface area contributed by atoms with Gasteiger partial charge in [0.1, 0.15) is 0 Å². The zero-order valence-electron chi connectivity index (χ0n) is 19.0. The number of nitrogens with one attached hydrogen (secondary N) is 1. The average Bonchev–Trinajstić information content (AvgIpc) is 3.43. The van der Waals surface area contributed by atoms with E-state index in [1.54, 1.807) is 0 Å². The van der Waals surface area contributed by atoms with Crippen LogP contribution in [0.15, 0.2) is 46.9 Å². The van der Waals surface area contributed by atoms with Gasteiger partial charge in [0, 0.05) is 29.8 Å². The first kappa shape index (κ1) is 22.3. The fourth-order valence-corrected chi connectivity index (χ4v) is 5.51. The molecule has 1 amide bonds. The Bertz CT molecular complexity index is 1200. The number of halogens is 1. The van der Waals surface area contributed by atoms with E-state index >= 15 is 0 Å². The van der Waals surface area contributed by atoms with Crippen molar-refractivity contribution in [1.29, 1.82) is 0 Å². The largest absolute Gasteiger partial charge is 0.392 e. The average molecular weight is 509 g/mol. The maximum absolute atomic E-state index is 13.2. The van der Waals surface area contributed by atoms with Crippen LogP contribution in [0.2, 0.25) is 0 Å². The summed E-state index contributed by atoms with van der Waals surface area (Å²) in [5.74, 6) is -0.191. The van der Waals surface area contributed by atoms with Crippen LogP contribution in [0.25, 0.3) is 11.1 Å². The highest BCUT2D eigenvalue weighted by molar-refractivity contribution is 9.10. The van der Waals surface area contributed by atoms with Crippen molar-refractivity contribution in [2.45, 2.75) is 51.8 Å². The number of aliphatic hydroxyl groups excluding tert-OH is 1. The van der Waals surface area contributed by atoms with E-state index in [4.69, 9.17) is 0 Å². The van der Waals surface area contributed by atoms with Gasteiger partial charge in [-0.1, -0.05) is 40.2 Å². The lowest BCUT2D eigenvalue weighted by Gasteiger charge is -2.31. The molecule has 2 aromatic carbocycles. The molecule has 7 heteroatoms. The van der Waals surface area contributed by atoms with Crippen molar-refractivity contribution < 1.29 is 9.90 Å². The molecule has 0 saturated carbocycles. The van der Waals surface area contributed by atoms with E-state index in [0.717, 1.165) is 64.9 Å². The summed E-state index contributed by atoms with van der Waals surface area (Å²) in [5.41, 5.74) is 6.76. The number of aromatic nitrogens is 2. The van der Waals surface area contributed by atoms with Gasteiger partial charge in [-0.2, -0.15) is 5.10 Å². The third kappa shape index (κ3) is 4.25. The van der Waals surface area contributed by atoms with Gasteiger partial charge in [-0.15, -0.1) is 0 Å². The number of β-amino-alcohol motifs (C(OH)–C–C–N with tert-alkyl or cyclic N) is 1. The Morgan fingerprint density at radius 3 is 2.61 bits per heavy atom. The number of fused-ring (bicyclic) bond motifs is 1. The van der Waals surface area contributed by atoms with Gasteiger partial charge in [0.15, 0.2) is 5.69 Å². The maximum Gasteiger partial charge on any atom is 0.276 e. The highest BCUT2D eigenvalue weighted by Gasteiger charge is 2.33. The van der Waals surface area contributed by atoms with Crippen LogP contribution in [-0.2, 0) is 6.54 Å². The molecular weight excluding hydrogens is 480 g/mol. The molecule has 0 radical (unpaired) electrons. The molecule has 3 aromatic rings. The highest BCUT2D eigenvalue weighted by atomic mass is 79.9. The Labute approximate surface area is 202 Å². The minimum atomic E-state index is -0.254. The molecule has 1 saturated heterocycles. The first-order chi connectivity index (χ1) is 15.9. The van der Waals surface area contributed by atoms with Crippen LogP contribution in [-0.4, -0.2) is 44.9 Å². The number of aryl methyl sites for hydroxylation is 1. The van der Waals surface area contributed by atoms with E-state index in [-0.39, 0.29) is 18.1 Å². The summed E-state index contributed by atoms with van der Waals surface area (Å²) in [6, 6.07) is 14.3. The summed E-state index contributed by atoms with van der Waals surface area (Å²) in [6.45, 7) is 6.54. The minimum absolute atomic E-state index is 0.191. The van der Waals surface area contributed by atoms with E-state index in [1.165, 1.54) is 5.56 Å². The van der Waals surface area contributed by atoms with Crippen LogP contribution in [0, 0.1) is 13.8 Å². The van der Waals surface area contributed by atoms with Gasteiger partial charge in [-0.25, -0.2) is 0 Å². The van der Waals surface area contributed by atoms with Gasteiger partial charge >= 0.3 is 0 Å². The van der Waals surface area contributed by atoms with E-state index in [0.29, 0.717) is 12.2 Å². The number of nitrogens with zero attached hydrogens (tertiary/aromatic N) is 3. The number of hydrogen-bond donors (Lipinski definition) is 2. The van der Waals surface area contributed by atoms with Gasteiger partial charge in [-0.05, 0) is 73.6 Å². The number of hydrogen-bond acceptors (Lipinski definition) is 4. The van der Waals surface area contributed by atoms with Crippen molar-refractivity contribution in [2.75, 3.05) is 18.4 Å². The third-order valence-corrected chi connectivity index (χ3v) is 7.87. The Morgan fingerprint density at radius 1 is 1.09 bits per heavy atom. The molecule has 2 atom stereocenters. The molecule has 1 fully saturated rings. The number of anilines is 1. The van der Waals surface area contributed by atoms with Crippen molar-refractivity contribution >= 4 is 27.5 Å². The number of likely N-dealkylation sites (tertiary alicyclic amines) is 1. The Morgan fingerprint density at radius 2 is 1.85 bits per heavy atom. The Kier molecular flexibility index (Phi) is 6.12. The number of aliphatic hydroxyl groups is 1. The number of carbonyl (C=O) groups is 1. The summed E-state index contributed by atoms with van der Waals surface area (Å²) < 4.78 is 3.04. The van der Waals surface area contributed by atoms with Crippen LogP contribution in [0.5, 0.6) is 0 Å². The standard InChI is InChI=1S/C26H29BrN4O2/c1-16-19(6-3-8-21(16)27)20-7-4-9-22(17(20)2)28-26(33)23-14-25-24(10-5-12-31(25)29-23)30-13-11-18(32)15-30/h3-4,6-9,14,18,24,32H,5,10-13,15H2,1-2H3,(H,28,33)/t18-,24?/m1/s1. The second-order valence-electron chi connectivity index (χ2n) is 9.12. The van der Waals surface area contributed by atoms with Crippen molar-refractivity contribution in [2.24, 2.45) is 0 Å². The van der Waals surface area contributed by atoms with E-state index in [1.807, 2.05) is 41.9 Å². The summed E-state index contributed by atoms with van der Waals surface area (Å²) in [6.07, 6.45) is 2.62. The lowest BCUT2D eigenvalue weighted by Crippen LogP contribution is -2.32. The van der Waals surface area contributed by atoms with Gasteiger partial charge in [0.2, 0.25) is 0 Å². The van der Waals surface area contributed by atoms with Crippen LogP contribution < -0.4 is 5.32 Å². The Balaban J connectivity index is 1.40. The zero-order chi connectivity index (χ0) is 23.1. The van der Waals surface area contributed by atoms with Gasteiger partial charge in [0.25, 0.3) is 5.91 Å². The molecule has 2 aliphatic heterocycles. The summed E-state index contributed by atoms with van der Waals surface area (Å²) in [7, 11) is 0. The molecular formula is C26H29BrN4O2. The van der Waals surface area contributed by atoms with Crippen molar-refractivity contribution in [3.05, 3.63) is 69.5 Å². The number of benzene rings is 2. The Hall–Kier alpha value is -2.48. The molecule has 2 N–H and O–H groups in total. The second kappa shape index (κ2) is 9.05. The predicted molar refractivity (Wildman–Crippen MR) is 133 cm³/mol. The SMILES string of the molecule is Cc1c(Br)cccc1-c1cccc(NC(=O)c2cc3n(n2)CCCC3N2CC[C@@H](O)C2)c1C. The summed E-state index contributed by atoms with van der Waals surface area (Å²) in [5, 5.41) is 17.7. The fourth-order valence-electron chi connectivity index (χ4n) is 5.14. The van der Waals surface area contributed by atoms with Gasteiger partial charge in [0.05, 0.1) is 17.8 Å². The van der Waals surface area contributed by atoms with Crippen LogP contribution >= 0.6 is 15.9 Å². The monoisotopic (exact) mass is 508 g/mol. The second-order valence-corrected chi connectivity index (χ2v) is 9.97. The lowest BCUT2D eigenvalue weighted by atomic mass is 9.95. The van der Waals surface area contributed by atoms with Gasteiger partial charge < -0.3 is 10.4 Å². The molecule has 33 heavy (non-hydrogen) atoms. The molecule has 2 aliphatic rings. The smallest absolute Gasteiger partial charge is 0.276 e. The quantitative estimate of drug-likeness (QED) is 0.515. The number of carbonyl (C=O) groups excluding carboxylic acids is 1. The third-order valence-electron chi connectivity index (χ3n) is 7.01. The topological polar surface area (TPSA) is 70.4 Å². The normalized spacial score (nSPS) is 20.6. The molecule has 6 nitrogen and oxygen atoms in total. The molecule has 172 valence electrons.